The van der Waals surface area contributed by atoms with Gasteiger partial charge < -0.3 is 26.5 Å². The molecule has 270 valence electrons. The molecule has 0 aliphatic carbocycles. The average Bonchev–Trinajstić information content (AvgIpc) is 3.06. The van der Waals surface area contributed by atoms with Crippen LogP contribution in [0.25, 0.3) is 22.1 Å². The lowest BCUT2D eigenvalue weighted by Crippen LogP contribution is -2.37. The molecule has 4 aromatic carbocycles. The van der Waals surface area contributed by atoms with Crippen LogP contribution >= 0.6 is 0 Å². The van der Waals surface area contributed by atoms with E-state index in [9.17, 15) is 26.4 Å². The van der Waals surface area contributed by atoms with E-state index in [0.29, 0.717) is 36.2 Å². The Balaban J connectivity index is 0.000000260. The van der Waals surface area contributed by atoms with Crippen LogP contribution < -0.4 is 27.7 Å². The first-order valence-electron chi connectivity index (χ1n) is 15.3. The van der Waals surface area contributed by atoms with Crippen molar-refractivity contribution in [1.29, 1.82) is 5.41 Å². The number of fused-ring (bicyclic) bond motifs is 1. The first-order valence-corrected chi connectivity index (χ1v) is 18.2. The van der Waals surface area contributed by atoms with Crippen molar-refractivity contribution in [1.82, 2.24) is 5.32 Å². The maximum atomic E-state index is 12.4. The Bertz CT molecular complexity index is 2150. The second-order valence-corrected chi connectivity index (χ2v) is 14.1. The number of guanidine groups is 1. The van der Waals surface area contributed by atoms with Crippen LogP contribution in [0.5, 0.6) is 0 Å². The second-order valence-electron chi connectivity index (χ2n) is 11.2. The highest BCUT2D eigenvalue weighted by Gasteiger charge is 2.15. The van der Waals surface area contributed by atoms with Gasteiger partial charge in [0.2, 0.25) is 5.91 Å². The highest BCUT2D eigenvalue weighted by molar-refractivity contribution is 7.86. The number of nitrogens with two attached hydrogens (primary N) is 2. The summed E-state index contributed by atoms with van der Waals surface area (Å²) in [4.78, 5) is 24.5. The fourth-order valence-corrected chi connectivity index (χ4v) is 5.30. The molecule has 16 heteroatoms. The molecular weight excluding hydrogens is 699 g/mol. The summed E-state index contributed by atoms with van der Waals surface area (Å²) in [6.45, 7) is 4.16. The van der Waals surface area contributed by atoms with Crippen LogP contribution in [0.4, 0.5) is 5.69 Å². The number of carbonyl (C=O) groups is 1. The van der Waals surface area contributed by atoms with Crippen molar-refractivity contribution in [3.05, 3.63) is 125 Å². The van der Waals surface area contributed by atoms with Gasteiger partial charge in [0.15, 0.2) is 5.96 Å². The largest absolute Gasteiger partial charge is 0.422 e. The smallest absolute Gasteiger partial charge is 0.344 e. The highest BCUT2D eigenvalue weighted by atomic mass is 32.2. The maximum absolute atomic E-state index is 12.4. The molecule has 5 rings (SSSR count). The van der Waals surface area contributed by atoms with Crippen LogP contribution in [-0.4, -0.2) is 50.4 Å². The fourth-order valence-electron chi connectivity index (χ4n) is 4.34. The molecule has 9 N–H and O–H groups in total. The van der Waals surface area contributed by atoms with E-state index in [0.717, 1.165) is 22.1 Å². The molecule has 14 nitrogen and oxygen atoms in total. The molecular formula is C35H39N5O9S2. The van der Waals surface area contributed by atoms with Crippen LogP contribution in [0.2, 0.25) is 0 Å². The Hall–Kier alpha value is -5.39. The molecule has 0 spiro atoms. The predicted octanol–water partition coefficient (Wildman–Crippen LogP) is 4.47. The first-order chi connectivity index (χ1) is 23.9. The second kappa shape index (κ2) is 18.0. The number of hydrogen-bond donors (Lipinski definition) is 7. The lowest BCUT2D eigenvalue weighted by Gasteiger charge is -2.13. The SMILES string of the molecule is Cc1ccc(S(=O)(=O)O)cc1.Cc1ccc(S(=O)(=O)O)cc1.N=C(N)NCCC[C@H](N)C(=O)Nc1ccc2cc(-c3ccccc3)c(=O)oc2c1. The molecule has 0 fully saturated rings. The predicted molar refractivity (Wildman–Crippen MR) is 196 cm³/mol. The van der Waals surface area contributed by atoms with Crippen molar-refractivity contribution in [2.24, 2.45) is 11.5 Å². The summed E-state index contributed by atoms with van der Waals surface area (Å²) in [5.74, 6) is -0.452. The molecule has 0 aliphatic rings. The molecule has 0 saturated carbocycles. The zero-order valence-electron chi connectivity index (χ0n) is 27.7. The number of hydrogen-bond acceptors (Lipinski definition) is 9. The van der Waals surface area contributed by atoms with E-state index in [-0.39, 0.29) is 21.7 Å². The summed E-state index contributed by atoms with van der Waals surface area (Å²) < 4.78 is 64.6. The van der Waals surface area contributed by atoms with Crippen LogP contribution in [0.1, 0.15) is 24.0 Å². The van der Waals surface area contributed by atoms with Gasteiger partial charge >= 0.3 is 5.63 Å². The summed E-state index contributed by atoms with van der Waals surface area (Å²) in [6.07, 6.45) is 1.04. The zero-order chi connectivity index (χ0) is 37.8. The van der Waals surface area contributed by atoms with Gasteiger partial charge in [-0.25, -0.2) is 4.79 Å². The number of amides is 1. The van der Waals surface area contributed by atoms with Gasteiger partial charge in [-0.15, -0.1) is 0 Å². The molecule has 0 aliphatic heterocycles. The molecule has 1 heterocycles. The maximum Gasteiger partial charge on any atom is 0.344 e. The number of nitrogens with one attached hydrogen (secondary N) is 3. The van der Waals surface area contributed by atoms with Gasteiger partial charge in [0.1, 0.15) is 5.58 Å². The summed E-state index contributed by atoms with van der Waals surface area (Å²) in [5.41, 5.74) is 14.7. The van der Waals surface area contributed by atoms with Gasteiger partial charge in [0, 0.05) is 23.7 Å². The Morgan fingerprint density at radius 2 is 1.35 bits per heavy atom. The molecule has 0 unspecified atom stereocenters. The average molecular weight is 738 g/mol. The fraction of sp³-hybridized carbons (Fsp3) is 0.171. The summed E-state index contributed by atoms with van der Waals surface area (Å²) in [5, 5.41) is 13.2. The van der Waals surface area contributed by atoms with Crippen LogP contribution in [-0.2, 0) is 25.0 Å². The monoisotopic (exact) mass is 737 g/mol. The van der Waals surface area contributed by atoms with E-state index in [1.165, 1.54) is 24.3 Å². The molecule has 1 aromatic heterocycles. The lowest BCUT2D eigenvalue weighted by atomic mass is 10.1. The van der Waals surface area contributed by atoms with Crippen LogP contribution in [0.15, 0.2) is 122 Å². The van der Waals surface area contributed by atoms with Crippen molar-refractivity contribution in [2.45, 2.75) is 42.5 Å². The Labute approximate surface area is 295 Å². The van der Waals surface area contributed by atoms with Crippen LogP contribution in [0, 0.1) is 19.3 Å². The Morgan fingerprint density at radius 1 is 0.824 bits per heavy atom. The van der Waals surface area contributed by atoms with E-state index in [1.54, 1.807) is 48.5 Å². The minimum Gasteiger partial charge on any atom is -0.422 e. The van der Waals surface area contributed by atoms with Gasteiger partial charge in [0.25, 0.3) is 20.2 Å². The van der Waals surface area contributed by atoms with E-state index in [4.69, 9.17) is 30.4 Å². The minimum atomic E-state index is -4.02. The van der Waals surface area contributed by atoms with Crippen molar-refractivity contribution in [3.63, 3.8) is 0 Å². The number of rotatable bonds is 9. The van der Waals surface area contributed by atoms with Crippen molar-refractivity contribution in [2.75, 3.05) is 11.9 Å². The number of carbonyl (C=O) groups excluding carboxylic acids is 1. The van der Waals surface area contributed by atoms with Gasteiger partial charge in [-0.05, 0) is 74.7 Å². The molecule has 51 heavy (non-hydrogen) atoms. The van der Waals surface area contributed by atoms with E-state index in [1.807, 2.05) is 44.2 Å². The van der Waals surface area contributed by atoms with Crippen LogP contribution in [0.3, 0.4) is 0 Å². The van der Waals surface area contributed by atoms with Gasteiger partial charge in [-0.2, -0.15) is 16.8 Å². The molecule has 0 bridgehead atoms. The Morgan fingerprint density at radius 3 is 1.84 bits per heavy atom. The van der Waals surface area contributed by atoms with Crippen molar-refractivity contribution in [3.8, 4) is 11.1 Å². The van der Waals surface area contributed by atoms with Crippen molar-refractivity contribution < 1.29 is 35.2 Å². The van der Waals surface area contributed by atoms with E-state index in [2.05, 4.69) is 10.6 Å². The number of aryl methyl sites for hydroxylation is 2. The highest BCUT2D eigenvalue weighted by Crippen LogP contribution is 2.23. The molecule has 1 amide bonds. The minimum absolute atomic E-state index is 0.0666. The van der Waals surface area contributed by atoms with Gasteiger partial charge in [-0.3, -0.25) is 19.3 Å². The molecule has 5 aromatic rings. The number of anilines is 1. The molecule has 0 saturated heterocycles. The summed E-state index contributed by atoms with van der Waals surface area (Å²) in [6, 6.07) is 27.5. The first kappa shape index (κ1) is 40.0. The number of benzene rings is 4. The van der Waals surface area contributed by atoms with Gasteiger partial charge in [0.05, 0.1) is 21.4 Å². The quantitative estimate of drug-likeness (QED) is 0.0364. The van der Waals surface area contributed by atoms with E-state index >= 15 is 0 Å². The third-order valence-electron chi connectivity index (χ3n) is 7.07. The van der Waals surface area contributed by atoms with Crippen molar-refractivity contribution >= 4 is 48.8 Å². The molecule has 1 atom stereocenters. The summed E-state index contributed by atoms with van der Waals surface area (Å²) >= 11 is 0. The lowest BCUT2D eigenvalue weighted by molar-refractivity contribution is -0.117. The topological polar surface area (TPSA) is 256 Å². The standard InChI is InChI=1S/C21H23N5O3.2C7H8O3S/c22-17(7-4-10-25-21(23)24)19(27)26-15-9-8-14-11-16(13-5-2-1-3-6-13)20(28)29-18(14)12-15;2*1-6-2-4-7(5-3-6)11(8,9)10/h1-3,5-6,8-9,11-12,17H,4,7,10,22H2,(H,26,27)(H4,23,24,25);2*2-5H,1H3,(H,8,9,10)/t17-;;/m0../s1. The van der Waals surface area contributed by atoms with E-state index < -0.39 is 31.9 Å². The van der Waals surface area contributed by atoms with Gasteiger partial charge in [-0.1, -0.05) is 65.7 Å². The summed E-state index contributed by atoms with van der Waals surface area (Å²) in [7, 11) is -8.04. The molecule has 0 radical (unpaired) electrons. The normalized spacial score (nSPS) is 11.6. The third kappa shape index (κ3) is 13.1. The Kier molecular flexibility index (Phi) is 14.2. The third-order valence-corrected chi connectivity index (χ3v) is 8.81. The zero-order valence-corrected chi connectivity index (χ0v) is 29.4.